The standard InChI is InChI=1S/C14H23N3O4/c1-15(2)5-6-16(3)11-8-10-9(4-7-18)13(19)17(10)12(11)14(20)21/h9-10,18H,4-8H2,1-3H3,(H,20,21). The van der Waals surface area contributed by atoms with Gasteiger partial charge in [0.1, 0.15) is 5.70 Å². The zero-order valence-electron chi connectivity index (χ0n) is 12.7. The molecular weight excluding hydrogens is 274 g/mol. The van der Waals surface area contributed by atoms with Gasteiger partial charge in [0.05, 0.1) is 12.0 Å². The number of amides is 1. The Morgan fingerprint density at radius 1 is 1.33 bits per heavy atom. The van der Waals surface area contributed by atoms with Gasteiger partial charge in [-0.3, -0.25) is 4.79 Å². The maximum absolute atomic E-state index is 12.1. The Kier molecular flexibility index (Phi) is 4.53. The number of carboxylic acid groups (broad SMARTS) is 1. The fourth-order valence-electron chi connectivity index (χ4n) is 3.05. The molecule has 0 aromatic heterocycles. The topological polar surface area (TPSA) is 84.3 Å². The number of carboxylic acids is 1. The zero-order chi connectivity index (χ0) is 15.7. The van der Waals surface area contributed by atoms with Crippen molar-refractivity contribution < 1.29 is 19.8 Å². The average Bonchev–Trinajstić information content (AvgIpc) is 2.78. The summed E-state index contributed by atoms with van der Waals surface area (Å²) in [5, 5.41) is 18.4. The van der Waals surface area contributed by atoms with Crippen molar-refractivity contribution in [1.29, 1.82) is 0 Å². The first kappa shape index (κ1) is 15.8. The molecule has 0 bridgehead atoms. The summed E-state index contributed by atoms with van der Waals surface area (Å²) in [6.07, 6.45) is 0.962. The van der Waals surface area contributed by atoms with Crippen molar-refractivity contribution in [3.8, 4) is 0 Å². The van der Waals surface area contributed by atoms with Crippen LogP contribution < -0.4 is 0 Å². The lowest BCUT2D eigenvalue weighted by Crippen LogP contribution is -2.58. The predicted molar refractivity (Wildman–Crippen MR) is 76.3 cm³/mol. The van der Waals surface area contributed by atoms with Gasteiger partial charge in [0, 0.05) is 38.9 Å². The van der Waals surface area contributed by atoms with Crippen molar-refractivity contribution in [2.75, 3.05) is 40.8 Å². The molecule has 7 nitrogen and oxygen atoms in total. The normalized spacial score (nSPS) is 24.4. The van der Waals surface area contributed by atoms with E-state index in [4.69, 9.17) is 5.11 Å². The number of rotatable bonds is 7. The van der Waals surface area contributed by atoms with E-state index >= 15 is 0 Å². The van der Waals surface area contributed by atoms with Gasteiger partial charge in [0.25, 0.3) is 0 Å². The highest BCUT2D eigenvalue weighted by Crippen LogP contribution is 2.44. The fraction of sp³-hybridized carbons (Fsp3) is 0.714. The summed E-state index contributed by atoms with van der Waals surface area (Å²) in [5.41, 5.74) is 0.823. The molecule has 0 aromatic rings. The van der Waals surface area contributed by atoms with Gasteiger partial charge < -0.3 is 24.9 Å². The Morgan fingerprint density at radius 2 is 2.00 bits per heavy atom. The highest BCUT2D eigenvalue weighted by Gasteiger charge is 2.55. The average molecular weight is 297 g/mol. The third-order valence-corrected chi connectivity index (χ3v) is 4.25. The number of aliphatic carboxylic acids is 1. The molecule has 2 rings (SSSR count). The molecule has 2 aliphatic heterocycles. The van der Waals surface area contributed by atoms with Crippen molar-refractivity contribution in [1.82, 2.24) is 14.7 Å². The molecule has 2 unspecified atom stereocenters. The van der Waals surface area contributed by atoms with E-state index in [1.165, 1.54) is 4.90 Å². The SMILES string of the molecule is CN(C)CCN(C)C1=C(C(=O)O)N2C(=O)C(CCO)C2C1. The molecule has 2 heterocycles. The summed E-state index contributed by atoms with van der Waals surface area (Å²) in [7, 11) is 5.78. The van der Waals surface area contributed by atoms with Crippen LogP contribution in [0.15, 0.2) is 11.4 Å². The molecule has 0 saturated carbocycles. The third kappa shape index (κ3) is 2.75. The number of nitrogens with zero attached hydrogens (tertiary/aromatic N) is 3. The summed E-state index contributed by atoms with van der Waals surface area (Å²) in [6.45, 7) is 1.47. The summed E-state index contributed by atoms with van der Waals surface area (Å²) >= 11 is 0. The lowest BCUT2D eigenvalue weighted by molar-refractivity contribution is -0.155. The minimum Gasteiger partial charge on any atom is -0.477 e. The molecule has 0 aliphatic carbocycles. The second-order valence-corrected chi connectivity index (χ2v) is 5.92. The molecule has 2 N–H and O–H groups in total. The summed E-state index contributed by atoms with van der Waals surface area (Å²) in [6, 6.07) is -0.104. The zero-order valence-corrected chi connectivity index (χ0v) is 12.7. The highest BCUT2D eigenvalue weighted by molar-refractivity contribution is 5.99. The number of aliphatic hydroxyl groups excluding tert-OH is 1. The monoisotopic (exact) mass is 297 g/mol. The van der Waals surface area contributed by atoms with E-state index in [2.05, 4.69) is 0 Å². The Bertz CT molecular complexity index is 475. The molecule has 118 valence electrons. The van der Waals surface area contributed by atoms with Gasteiger partial charge in [-0.25, -0.2) is 4.79 Å². The molecule has 0 spiro atoms. The number of carbonyl (C=O) groups excluding carboxylic acids is 1. The van der Waals surface area contributed by atoms with Gasteiger partial charge in [0.2, 0.25) is 5.91 Å². The maximum Gasteiger partial charge on any atom is 0.354 e. The van der Waals surface area contributed by atoms with Crippen LogP contribution in [0.25, 0.3) is 0 Å². The minimum atomic E-state index is -1.06. The van der Waals surface area contributed by atoms with Gasteiger partial charge in [0.15, 0.2) is 0 Å². The molecule has 0 radical (unpaired) electrons. The summed E-state index contributed by atoms with van der Waals surface area (Å²) < 4.78 is 0. The molecule has 1 amide bonds. The Hall–Kier alpha value is -1.60. The van der Waals surface area contributed by atoms with Crippen LogP contribution in [0.1, 0.15) is 12.8 Å². The van der Waals surface area contributed by atoms with Crippen LogP contribution in [-0.4, -0.2) is 83.7 Å². The smallest absolute Gasteiger partial charge is 0.354 e. The van der Waals surface area contributed by atoms with Crippen LogP contribution in [-0.2, 0) is 9.59 Å². The van der Waals surface area contributed by atoms with Gasteiger partial charge >= 0.3 is 5.97 Å². The number of fused-ring (bicyclic) bond motifs is 1. The summed E-state index contributed by atoms with van der Waals surface area (Å²) in [4.78, 5) is 28.9. The number of β-lactam (4-membered cyclic amide) rings is 1. The minimum absolute atomic E-state index is 0.0467. The lowest BCUT2D eigenvalue weighted by Gasteiger charge is -2.42. The maximum atomic E-state index is 12.1. The first-order valence-electron chi connectivity index (χ1n) is 7.14. The lowest BCUT2D eigenvalue weighted by atomic mass is 9.85. The second-order valence-electron chi connectivity index (χ2n) is 5.92. The molecule has 21 heavy (non-hydrogen) atoms. The van der Waals surface area contributed by atoms with E-state index in [1.54, 1.807) is 0 Å². The largest absolute Gasteiger partial charge is 0.477 e. The molecule has 0 aromatic carbocycles. The quantitative estimate of drug-likeness (QED) is 0.610. The number of hydrogen-bond donors (Lipinski definition) is 2. The highest BCUT2D eigenvalue weighted by atomic mass is 16.4. The van der Waals surface area contributed by atoms with Crippen LogP contribution in [0.4, 0.5) is 0 Å². The van der Waals surface area contributed by atoms with E-state index in [9.17, 15) is 14.7 Å². The van der Waals surface area contributed by atoms with E-state index < -0.39 is 5.97 Å². The van der Waals surface area contributed by atoms with Crippen molar-refractivity contribution in [3.63, 3.8) is 0 Å². The van der Waals surface area contributed by atoms with E-state index in [1.807, 2.05) is 30.9 Å². The van der Waals surface area contributed by atoms with E-state index in [0.29, 0.717) is 25.1 Å². The second kappa shape index (κ2) is 6.03. The van der Waals surface area contributed by atoms with Crippen LogP contribution in [0, 0.1) is 5.92 Å². The van der Waals surface area contributed by atoms with Crippen molar-refractivity contribution in [3.05, 3.63) is 11.4 Å². The van der Waals surface area contributed by atoms with Crippen molar-refractivity contribution >= 4 is 11.9 Å². The Morgan fingerprint density at radius 3 is 2.52 bits per heavy atom. The van der Waals surface area contributed by atoms with Crippen LogP contribution in [0.5, 0.6) is 0 Å². The van der Waals surface area contributed by atoms with E-state index in [-0.39, 0.29) is 30.2 Å². The van der Waals surface area contributed by atoms with Crippen LogP contribution in [0.2, 0.25) is 0 Å². The Balaban J connectivity index is 2.16. The van der Waals surface area contributed by atoms with Crippen molar-refractivity contribution in [2.45, 2.75) is 18.9 Å². The van der Waals surface area contributed by atoms with Gasteiger partial charge in [-0.05, 0) is 20.5 Å². The van der Waals surface area contributed by atoms with Gasteiger partial charge in [-0.15, -0.1) is 0 Å². The number of aliphatic hydroxyl groups is 1. The third-order valence-electron chi connectivity index (χ3n) is 4.25. The first-order valence-corrected chi connectivity index (χ1v) is 7.14. The first-order chi connectivity index (χ1) is 9.88. The molecule has 2 aliphatic rings. The van der Waals surface area contributed by atoms with E-state index in [0.717, 1.165) is 6.54 Å². The van der Waals surface area contributed by atoms with Crippen LogP contribution >= 0.6 is 0 Å². The number of likely N-dealkylation sites (N-methyl/N-ethyl adjacent to an activating group) is 2. The van der Waals surface area contributed by atoms with Gasteiger partial charge in [-0.1, -0.05) is 0 Å². The summed E-state index contributed by atoms with van der Waals surface area (Å²) in [5.74, 6) is -1.48. The molecule has 1 saturated heterocycles. The fourth-order valence-corrected chi connectivity index (χ4v) is 3.05. The molecular formula is C14H23N3O4. The molecule has 7 heteroatoms. The molecule has 2 atom stereocenters. The van der Waals surface area contributed by atoms with Gasteiger partial charge in [-0.2, -0.15) is 0 Å². The predicted octanol–water partition coefficient (Wildman–Crippen LogP) is -0.611. The van der Waals surface area contributed by atoms with Crippen LogP contribution in [0.3, 0.4) is 0 Å². The number of hydrogen-bond acceptors (Lipinski definition) is 5. The molecule has 1 fully saturated rings. The number of carbonyl (C=O) groups is 2. The Labute approximate surface area is 124 Å². The van der Waals surface area contributed by atoms with Crippen molar-refractivity contribution in [2.24, 2.45) is 5.92 Å².